The predicted molar refractivity (Wildman–Crippen MR) is 111 cm³/mol. The number of ketones is 2. The quantitative estimate of drug-likeness (QED) is 0.585. The molecule has 6 nitrogen and oxygen atoms in total. The second-order valence-electron chi connectivity index (χ2n) is 7.92. The first kappa shape index (κ1) is 22.9. The summed E-state index contributed by atoms with van der Waals surface area (Å²) in [6.07, 6.45) is 2.60. The Morgan fingerprint density at radius 2 is 1.79 bits per heavy atom. The van der Waals surface area contributed by atoms with Crippen LogP contribution in [-0.4, -0.2) is 48.7 Å². The highest BCUT2D eigenvalue weighted by Crippen LogP contribution is 2.32. The fourth-order valence-electron chi connectivity index (χ4n) is 3.75. The number of benzene rings is 1. The summed E-state index contributed by atoms with van der Waals surface area (Å²) in [7, 11) is 1.55. The van der Waals surface area contributed by atoms with Gasteiger partial charge in [-0.05, 0) is 31.0 Å². The molecule has 160 valence electrons. The second-order valence-corrected chi connectivity index (χ2v) is 7.92. The monoisotopic (exact) mass is 403 g/mol. The molecule has 1 heterocycles. The van der Waals surface area contributed by atoms with Crippen molar-refractivity contribution >= 4 is 17.5 Å². The van der Waals surface area contributed by atoms with Crippen molar-refractivity contribution in [1.29, 1.82) is 0 Å². The van der Waals surface area contributed by atoms with Crippen molar-refractivity contribution in [2.75, 3.05) is 20.2 Å². The summed E-state index contributed by atoms with van der Waals surface area (Å²) in [5.74, 6) is 1.08. The predicted octanol–water partition coefficient (Wildman–Crippen LogP) is 3.91. The fourth-order valence-corrected chi connectivity index (χ4v) is 3.75. The smallest absolute Gasteiger partial charge is 0.219 e. The number of likely N-dealkylation sites (tertiary alicyclic amines) is 1. The van der Waals surface area contributed by atoms with Gasteiger partial charge in [0.2, 0.25) is 5.91 Å². The topological polar surface area (TPSA) is 72.9 Å². The molecule has 1 aromatic rings. The van der Waals surface area contributed by atoms with Gasteiger partial charge in [0.1, 0.15) is 11.9 Å². The largest absolute Gasteiger partial charge is 0.493 e. The minimum atomic E-state index is -0.263. The van der Waals surface area contributed by atoms with Crippen LogP contribution in [-0.2, 0) is 9.59 Å². The van der Waals surface area contributed by atoms with Crippen LogP contribution >= 0.6 is 0 Å². The molecule has 0 radical (unpaired) electrons. The van der Waals surface area contributed by atoms with Gasteiger partial charge in [-0.3, -0.25) is 14.4 Å². The first-order valence-electron chi connectivity index (χ1n) is 10.4. The summed E-state index contributed by atoms with van der Waals surface area (Å²) >= 11 is 0. The average molecular weight is 404 g/mol. The minimum Gasteiger partial charge on any atom is -0.493 e. The number of ether oxygens (including phenoxy) is 2. The van der Waals surface area contributed by atoms with Crippen LogP contribution in [0, 0.1) is 11.8 Å². The third-order valence-electron chi connectivity index (χ3n) is 5.92. The maximum atomic E-state index is 12.8. The molecule has 1 amide bonds. The van der Waals surface area contributed by atoms with E-state index in [0.29, 0.717) is 30.2 Å². The van der Waals surface area contributed by atoms with Gasteiger partial charge in [0.15, 0.2) is 17.3 Å². The molecule has 2 rings (SSSR count). The lowest BCUT2D eigenvalue weighted by molar-refractivity contribution is -0.130. The molecule has 2 atom stereocenters. The third kappa shape index (κ3) is 6.05. The molecule has 1 fully saturated rings. The van der Waals surface area contributed by atoms with Gasteiger partial charge in [0, 0.05) is 50.8 Å². The Labute approximate surface area is 173 Å². The van der Waals surface area contributed by atoms with Crippen LogP contribution in [0.25, 0.3) is 0 Å². The van der Waals surface area contributed by atoms with Crippen LogP contribution in [0.15, 0.2) is 18.2 Å². The standard InChI is InChI=1S/C23H33NO5/c1-6-15(2)20(16(3)25)14-21(27)18-7-8-22(23(13-18)28-5)29-19-9-11-24(12-10-19)17(4)26/h7-8,13,15,19-20H,6,9-12,14H2,1-5H3/t15?,20-/m0/s1. The first-order valence-corrected chi connectivity index (χ1v) is 10.4. The molecule has 29 heavy (non-hydrogen) atoms. The third-order valence-corrected chi connectivity index (χ3v) is 5.92. The van der Waals surface area contributed by atoms with E-state index in [1.165, 1.54) is 0 Å². The lowest BCUT2D eigenvalue weighted by Gasteiger charge is -2.31. The van der Waals surface area contributed by atoms with Gasteiger partial charge < -0.3 is 14.4 Å². The Hall–Kier alpha value is -2.37. The van der Waals surface area contributed by atoms with Crippen LogP contribution < -0.4 is 9.47 Å². The lowest BCUT2D eigenvalue weighted by Crippen LogP contribution is -2.40. The highest BCUT2D eigenvalue weighted by atomic mass is 16.5. The number of nitrogens with zero attached hydrogens (tertiary/aromatic N) is 1. The zero-order valence-corrected chi connectivity index (χ0v) is 18.2. The molecule has 0 saturated carbocycles. The molecule has 0 aromatic heterocycles. The summed E-state index contributed by atoms with van der Waals surface area (Å²) in [6.45, 7) is 8.54. The molecule has 1 unspecified atom stereocenters. The van der Waals surface area contributed by atoms with Crippen molar-refractivity contribution in [2.45, 2.75) is 59.5 Å². The van der Waals surface area contributed by atoms with E-state index in [2.05, 4.69) is 0 Å². The van der Waals surface area contributed by atoms with Gasteiger partial charge >= 0.3 is 0 Å². The Bertz CT molecular complexity index is 737. The number of hydrogen-bond acceptors (Lipinski definition) is 5. The van der Waals surface area contributed by atoms with Gasteiger partial charge in [-0.1, -0.05) is 20.3 Å². The molecule has 0 N–H and O–H groups in total. The van der Waals surface area contributed by atoms with Gasteiger partial charge in [0.05, 0.1) is 7.11 Å². The zero-order chi connectivity index (χ0) is 21.6. The molecule has 1 saturated heterocycles. The van der Waals surface area contributed by atoms with Crippen LogP contribution in [0.3, 0.4) is 0 Å². The van der Waals surface area contributed by atoms with Gasteiger partial charge in [0.25, 0.3) is 0 Å². The number of carbonyl (C=O) groups excluding carboxylic acids is 3. The molecule has 1 aliphatic heterocycles. The lowest BCUT2D eigenvalue weighted by atomic mass is 9.83. The van der Waals surface area contributed by atoms with Gasteiger partial charge in [-0.2, -0.15) is 0 Å². The maximum Gasteiger partial charge on any atom is 0.219 e. The highest BCUT2D eigenvalue weighted by molar-refractivity contribution is 5.99. The van der Waals surface area contributed by atoms with Crippen molar-refractivity contribution in [3.05, 3.63) is 23.8 Å². The van der Waals surface area contributed by atoms with Crippen molar-refractivity contribution in [1.82, 2.24) is 4.90 Å². The molecular formula is C23H33NO5. The number of rotatable bonds is 9. The molecular weight excluding hydrogens is 370 g/mol. The Morgan fingerprint density at radius 1 is 1.14 bits per heavy atom. The van der Waals surface area contributed by atoms with E-state index >= 15 is 0 Å². The number of piperidine rings is 1. The Balaban J connectivity index is 2.07. The molecule has 0 spiro atoms. The van der Waals surface area contributed by atoms with E-state index in [0.717, 1.165) is 19.3 Å². The van der Waals surface area contributed by atoms with E-state index in [9.17, 15) is 14.4 Å². The fraction of sp³-hybridized carbons (Fsp3) is 0.609. The molecule has 1 aliphatic rings. The summed E-state index contributed by atoms with van der Waals surface area (Å²) in [5.41, 5.74) is 0.523. The zero-order valence-electron chi connectivity index (χ0n) is 18.2. The number of hydrogen-bond donors (Lipinski definition) is 0. The molecule has 0 aliphatic carbocycles. The van der Waals surface area contributed by atoms with E-state index in [4.69, 9.17) is 9.47 Å². The number of Topliss-reactive ketones (excluding diaryl/α,β-unsaturated/α-hetero) is 2. The normalized spacial score (nSPS) is 16.8. The van der Waals surface area contributed by atoms with Crippen molar-refractivity contribution in [3.8, 4) is 11.5 Å². The van der Waals surface area contributed by atoms with Crippen LogP contribution in [0.4, 0.5) is 0 Å². The number of amides is 1. The highest BCUT2D eigenvalue weighted by Gasteiger charge is 2.26. The van der Waals surface area contributed by atoms with Crippen LogP contribution in [0.2, 0.25) is 0 Å². The minimum absolute atomic E-state index is 0.00792. The molecule has 1 aromatic carbocycles. The van der Waals surface area contributed by atoms with E-state index in [-0.39, 0.29) is 41.8 Å². The molecule has 6 heteroatoms. The van der Waals surface area contributed by atoms with Crippen molar-refractivity contribution in [2.24, 2.45) is 11.8 Å². The van der Waals surface area contributed by atoms with E-state index < -0.39 is 0 Å². The average Bonchev–Trinajstić information content (AvgIpc) is 2.71. The number of carbonyl (C=O) groups is 3. The molecule has 0 bridgehead atoms. The van der Waals surface area contributed by atoms with Gasteiger partial charge in [-0.25, -0.2) is 0 Å². The van der Waals surface area contributed by atoms with Crippen LogP contribution in [0.1, 0.15) is 63.7 Å². The first-order chi connectivity index (χ1) is 13.8. The summed E-state index contributed by atoms with van der Waals surface area (Å²) < 4.78 is 11.5. The van der Waals surface area contributed by atoms with Gasteiger partial charge in [-0.15, -0.1) is 0 Å². The summed E-state index contributed by atoms with van der Waals surface area (Å²) in [4.78, 5) is 38.0. The summed E-state index contributed by atoms with van der Waals surface area (Å²) in [5, 5.41) is 0. The Kier molecular flexibility index (Phi) is 8.23. The Morgan fingerprint density at radius 3 is 2.31 bits per heavy atom. The number of methoxy groups -OCH3 is 1. The van der Waals surface area contributed by atoms with Crippen molar-refractivity contribution < 1.29 is 23.9 Å². The van der Waals surface area contributed by atoms with E-state index in [1.54, 1.807) is 39.2 Å². The maximum absolute atomic E-state index is 12.8. The SMILES string of the molecule is CCC(C)[C@H](CC(=O)c1ccc(OC2CCN(C(C)=O)CC2)c(OC)c1)C(C)=O. The van der Waals surface area contributed by atoms with Crippen LogP contribution in [0.5, 0.6) is 11.5 Å². The van der Waals surface area contributed by atoms with E-state index in [1.807, 2.05) is 18.7 Å². The van der Waals surface area contributed by atoms with Crippen molar-refractivity contribution in [3.63, 3.8) is 0 Å². The second kappa shape index (κ2) is 10.4. The summed E-state index contributed by atoms with van der Waals surface area (Å²) in [6, 6.07) is 5.18.